The van der Waals surface area contributed by atoms with Crippen molar-refractivity contribution in [2.24, 2.45) is 4.99 Å². The zero-order chi connectivity index (χ0) is 15.8. The molecule has 0 heterocycles. The number of carbonyl (C=O) groups excluding carboxylic acids is 1. The van der Waals surface area contributed by atoms with E-state index in [0.717, 1.165) is 6.42 Å². The molecule has 0 aliphatic heterocycles. The fourth-order valence-corrected chi connectivity index (χ4v) is 2.56. The van der Waals surface area contributed by atoms with Gasteiger partial charge >= 0.3 is 0 Å². The minimum absolute atomic E-state index is 0.0995. The van der Waals surface area contributed by atoms with Gasteiger partial charge in [0.05, 0.1) is 12.7 Å². The Labute approximate surface area is 131 Å². The minimum Gasteiger partial charge on any atom is -0.496 e. The molecule has 0 N–H and O–H groups in total. The molecular weight excluding hydrogens is 274 g/mol. The molecule has 2 aromatic rings. The van der Waals surface area contributed by atoms with Crippen molar-refractivity contribution < 1.29 is 9.53 Å². The molecule has 0 aliphatic carbocycles. The van der Waals surface area contributed by atoms with Gasteiger partial charge in [0.15, 0.2) is 5.78 Å². The fraction of sp³-hybridized carbons (Fsp3) is 0.263. The van der Waals surface area contributed by atoms with Gasteiger partial charge in [0, 0.05) is 18.9 Å². The summed E-state index contributed by atoms with van der Waals surface area (Å²) in [5, 5.41) is 0. The Balaban J connectivity index is 2.06. The second kappa shape index (κ2) is 8.13. The van der Waals surface area contributed by atoms with Crippen LogP contribution in [0.2, 0.25) is 0 Å². The van der Waals surface area contributed by atoms with Gasteiger partial charge in [-0.25, -0.2) is 0 Å². The molecule has 0 fully saturated rings. The number of methoxy groups -OCH3 is 1. The highest BCUT2D eigenvalue weighted by molar-refractivity contribution is 5.98. The Hall–Kier alpha value is -2.42. The number of nitrogens with zero attached hydrogens (tertiary/aromatic N) is 1. The number of aliphatic imine (C=N–C) groups is 1. The third-order valence-electron chi connectivity index (χ3n) is 3.75. The summed E-state index contributed by atoms with van der Waals surface area (Å²) < 4.78 is 5.26. The van der Waals surface area contributed by atoms with Gasteiger partial charge in [0.2, 0.25) is 0 Å². The van der Waals surface area contributed by atoms with Gasteiger partial charge in [0.25, 0.3) is 0 Å². The molecule has 0 saturated heterocycles. The van der Waals surface area contributed by atoms with Crippen LogP contribution in [0, 0.1) is 0 Å². The first-order valence-electron chi connectivity index (χ1n) is 7.40. The van der Waals surface area contributed by atoms with Crippen molar-refractivity contribution in [3.8, 4) is 5.75 Å². The van der Waals surface area contributed by atoms with Gasteiger partial charge in [-0.05, 0) is 30.8 Å². The largest absolute Gasteiger partial charge is 0.496 e. The summed E-state index contributed by atoms with van der Waals surface area (Å²) >= 11 is 0. The molecule has 1 atom stereocenters. The monoisotopic (exact) mass is 295 g/mol. The van der Waals surface area contributed by atoms with E-state index in [1.54, 1.807) is 7.11 Å². The Kier molecular flexibility index (Phi) is 5.90. The first-order chi connectivity index (χ1) is 10.8. The van der Waals surface area contributed by atoms with Crippen LogP contribution in [-0.2, 0) is 0 Å². The maximum atomic E-state index is 12.4. The molecule has 2 rings (SSSR count). The van der Waals surface area contributed by atoms with Crippen molar-refractivity contribution in [2.45, 2.75) is 18.8 Å². The van der Waals surface area contributed by atoms with Crippen molar-refractivity contribution >= 4 is 12.5 Å². The van der Waals surface area contributed by atoms with Crippen molar-refractivity contribution in [2.75, 3.05) is 13.7 Å². The van der Waals surface area contributed by atoms with Crippen LogP contribution in [0.4, 0.5) is 0 Å². The maximum absolute atomic E-state index is 12.4. The van der Waals surface area contributed by atoms with Gasteiger partial charge in [-0.1, -0.05) is 42.5 Å². The standard InChI is InChI=1S/C19H21NO2/c1-20-14-16(15-8-4-3-5-9-15)12-13-18(21)17-10-6-7-11-19(17)22-2/h3-11,16H,1,12-14H2,2H3/t16-/m1/s1. The summed E-state index contributed by atoms with van der Waals surface area (Å²) in [6, 6.07) is 17.5. The van der Waals surface area contributed by atoms with E-state index >= 15 is 0 Å². The molecule has 2 aromatic carbocycles. The zero-order valence-electron chi connectivity index (χ0n) is 12.9. The van der Waals surface area contributed by atoms with E-state index in [-0.39, 0.29) is 11.7 Å². The molecule has 0 aromatic heterocycles. The van der Waals surface area contributed by atoms with Gasteiger partial charge < -0.3 is 9.73 Å². The third-order valence-corrected chi connectivity index (χ3v) is 3.75. The summed E-state index contributed by atoms with van der Waals surface area (Å²) in [7, 11) is 1.58. The van der Waals surface area contributed by atoms with Crippen LogP contribution in [0.25, 0.3) is 0 Å². The number of ether oxygens (including phenoxy) is 1. The Morgan fingerprint density at radius 1 is 1.14 bits per heavy atom. The summed E-state index contributed by atoms with van der Waals surface area (Å²) in [5.74, 6) is 0.949. The molecule has 0 bridgehead atoms. The highest BCUT2D eigenvalue weighted by Gasteiger charge is 2.16. The van der Waals surface area contributed by atoms with E-state index in [1.165, 1.54) is 5.56 Å². The summed E-state index contributed by atoms with van der Waals surface area (Å²) in [6.07, 6.45) is 1.22. The van der Waals surface area contributed by atoms with Crippen molar-refractivity contribution in [1.82, 2.24) is 0 Å². The first kappa shape index (κ1) is 16.0. The van der Waals surface area contributed by atoms with Crippen molar-refractivity contribution in [1.29, 1.82) is 0 Å². The van der Waals surface area contributed by atoms with E-state index < -0.39 is 0 Å². The fourth-order valence-electron chi connectivity index (χ4n) is 2.56. The average molecular weight is 295 g/mol. The Morgan fingerprint density at radius 3 is 2.50 bits per heavy atom. The van der Waals surface area contributed by atoms with Gasteiger partial charge in [-0.3, -0.25) is 4.79 Å². The van der Waals surface area contributed by atoms with Gasteiger partial charge in [-0.2, -0.15) is 0 Å². The number of para-hydroxylation sites is 1. The number of hydrogen-bond acceptors (Lipinski definition) is 3. The smallest absolute Gasteiger partial charge is 0.166 e. The van der Waals surface area contributed by atoms with Crippen molar-refractivity contribution in [3.05, 3.63) is 65.7 Å². The Morgan fingerprint density at radius 2 is 1.82 bits per heavy atom. The lowest BCUT2D eigenvalue weighted by atomic mass is 9.92. The van der Waals surface area contributed by atoms with Crippen LogP contribution in [0.5, 0.6) is 5.75 Å². The van der Waals surface area contributed by atoms with E-state index in [9.17, 15) is 4.79 Å². The summed E-state index contributed by atoms with van der Waals surface area (Å²) in [4.78, 5) is 16.4. The van der Waals surface area contributed by atoms with Gasteiger partial charge in [0.1, 0.15) is 5.75 Å². The number of carbonyl (C=O) groups is 1. The molecular formula is C19H21NO2. The molecule has 3 heteroatoms. The molecule has 0 radical (unpaired) electrons. The summed E-state index contributed by atoms with van der Waals surface area (Å²) in [5.41, 5.74) is 1.84. The maximum Gasteiger partial charge on any atom is 0.166 e. The van der Waals surface area contributed by atoms with Crippen LogP contribution in [-0.4, -0.2) is 26.2 Å². The lowest BCUT2D eigenvalue weighted by Gasteiger charge is -2.15. The number of rotatable bonds is 8. The molecule has 22 heavy (non-hydrogen) atoms. The third kappa shape index (κ3) is 4.04. The SMILES string of the molecule is C=NC[C@@H](CCC(=O)c1ccccc1OC)c1ccccc1. The zero-order valence-corrected chi connectivity index (χ0v) is 12.9. The van der Waals surface area contributed by atoms with Gasteiger partial charge in [-0.15, -0.1) is 0 Å². The predicted molar refractivity (Wildman–Crippen MR) is 90.2 cm³/mol. The van der Waals surface area contributed by atoms with Crippen LogP contribution in [0.1, 0.15) is 34.7 Å². The quantitative estimate of drug-likeness (QED) is 0.542. The van der Waals surface area contributed by atoms with E-state index in [1.807, 2.05) is 42.5 Å². The lowest BCUT2D eigenvalue weighted by Crippen LogP contribution is -2.08. The second-order valence-electron chi connectivity index (χ2n) is 5.18. The van der Waals surface area contributed by atoms with E-state index in [4.69, 9.17) is 4.74 Å². The molecule has 0 aliphatic rings. The average Bonchev–Trinajstić information content (AvgIpc) is 2.59. The second-order valence-corrected chi connectivity index (χ2v) is 5.18. The molecule has 0 spiro atoms. The van der Waals surface area contributed by atoms with E-state index in [2.05, 4.69) is 23.8 Å². The van der Waals surface area contributed by atoms with Crippen LogP contribution in [0.3, 0.4) is 0 Å². The molecule has 0 amide bonds. The van der Waals surface area contributed by atoms with Crippen LogP contribution in [0.15, 0.2) is 59.6 Å². The molecule has 0 saturated carbocycles. The van der Waals surface area contributed by atoms with E-state index in [0.29, 0.717) is 24.3 Å². The predicted octanol–water partition coefficient (Wildman–Crippen LogP) is 4.14. The number of ketones is 1. The highest BCUT2D eigenvalue weighted by Crippen LogP contribution is 2.25. The summed E-state index contributed by atoms with van der Waals surface area (Å²) in [6.45, 7) is 4.21. The first-order valence-corrected chi connectivity index (χ1v) is 7.40. The number of benzene rings is 2. The molecule has 114 valence electrons. The van der Waals surface area contributed by atoms with Crippen LogP contribution >= 0.6 is 0 Å². The Bertz CT molecular complexity index is 622. The molecule has 0 unspecified atom stereocenters. The molecule has 3 nitrogen and oxygen atoms in total. The number of hydrogen-bond donors (Lipinski definition) is 0. The number of Topliss-reactive ketones (excluding diaryl/α,β-unsaturated/α-hetero) is 1. The van der Waals surface area contributed by atoms with Crippen molar-refractivity contribution in [3.63, 3.8) is 0 Å². The van der Waals surface area contributed by atoms with Crippen LogP contribution < -0.4 is 4.74 Å². The highest BCUT2D eigenvalue weighted by atomic mass is 16.5. The topological polar surface area (TPSA) is 38.7 Å². The minimum atomic E-state index is 0.0995. The lowest BCUT2D eigenvalue weighted by molar-refractivity contribution is 0.0974. The normalized spacial score (nSPS) is 11.7.